The van der Waals surface area contributed by atoms with Gasteiger partial charge in [-0.05, 0) is 95.1 Å². The van der Waals surface area contributed by atoms with Crippen LogP contribution in [0, 0.1) is 0 Å². The van der Waals surface area contributed by atoms with E-state index in [-0.39, 0.29) is 51.0 Å². The highest BCUT2D eigenvalue weighted by atomic mass is 16.6. The molecule has 2 atom stereocenters. The summed E-state index contributed by atoms with van der Waals surface area (Å²) in [6.07, 6.45) is -0.689. The number of aliphatic carboxylic acids is 2. The smallest absolute Gasteiger partial charge is 0.408 e. The number of fused-ring (bicyclic) bond motifs is 6. The van der Waals surface area contributed by atoms with Gasteiger partial charge in [0.1, 0.15) is 24.3 Å². The number of carbonyl (C=O) groups is 4. The van der Waals surface area contributed by atoms with E-state index in [9.17, 15) is 29.4 Å². The van der Waals surface area contributed by atoms with Gasteiger partial charge in [0.05, 0.1) is 0 Å². The standard InChI is InChI=1S/2C21H22N4O4/c2*1-21(19(26)27,11-6-12-23-25-22)24-20(28)29-13-18-16-9-4-2-7-14(16)15-8-3-5-10-17(15)18/h2*2-5,7-10,18H,6,11-13H2,1H3,(H,24,28)(H,26,27)/t2*21-/m10/s1. The molecule has 2 aliphatic rings. The zero-order valence-electron chi connectivity index (χ0n) is 32.1. The third-order valence-electron chi connectivity index (χ3n) is 10.4. The minimum atomic E-state index is -1.51. The number of nitrogens with one attached hydrogen (secondary N) is 2. The van der Waals surface area contributed by atoms with Crippen LogP contribution in [0.4, 0.5) is 9.59 Å². The summed E-state index contributed by atoms with van der Waals surface area (Å²) in [4.78, 5) is 53.3. The molecule has 16 heteroatoms. The molecule has 0 aromatic heterocycles. The van der Waals surface area contributed by atoms with Crippen LogP contribution < -0.4 is 10.6 Å². The first-order valence-corrected chi connectivity index (χ1v) is 18.7. The molecular formula is C42H44N8O8. The lowest BCUT2D eigenvalue weighted by Crippen LogP contribution is -2.52. The number of hydrogen-bond acceptors (Lipinski definition) is 8. The Balaban J connectivity index is 0.000000221. The second-order valence-corrected chi connectivity index (χ2v) is 14.3. The lowest BCUT2D eigenvalue weighted by Gasteiger charge is -2.26. The summed E-state index contributed by atoms with van der Waals surface area (Å²) >= 11 is 0. The van der Waals surface area contributed by atoms with Gasteiger partial charge in [0.25, 0.3) is 0 Å². The maximum atomic E-state index is 12.4. The first-order valence-electron chi connectivity index (χ1n) is 18.7. The Morgan fingerprint density at radius 1 is 0.586 bits per heavy atom. The van der Waals surface area contributed by atoms with E-state index in [0.717, 1.165) is 44.5 Å². The van der Waals surface area contributed by atoms with Crippen LogP contribution in [-0.4, -0.2) is 71.7 Å². The first kappa shape index (κ1) is 42.1. The first-order chi connectivity index (χ1) is 27.9. The fraction of sp³-hybridized carbons (Fsp3) is 0.333. The Kier molecular flexibility index (Phi) is 14.0. The number of rotatable bonds is 16. The van der Waals surface area contributed by atoms with Crippen LogP contribution in [0.5, 0.6) is 0 Å². The van der Waals surface area contributed by atoms with Gasteiger partial charge >= 0.3 is 24.1 Å². The SMILES string of the molecule is C[C@@](CCCN=[N+]=[N-])(NC(=O)OCC1c2ccccc2-c2ccccc21)C(=O)O.C[C@](CCCN=[N+]=[N-])(NC(=O)OCC1c2ccccc2-c2ccccc21)C(=O)O. The van der Waals surface area contributed by atoms with E-state index in [1.54, 1.807) is 0 Å². The number of nitrogens with zero attached hydrogens (tertiary/aromatic N) is 6. The normalized spacial score (nSPS) is 14.1. The molecule has 0 radical (unpaired) electrons. The average molecular weight is 789 g/mol. The Hall–Kier alpha value is -7.02. The van der Waals surface area contributed by atoms with Gasteiger partial charge in [-0.2, -0.15) is 0 Å². The second-order valence-electron chi connectivity index (χ2n) is 14.3. The van der Waals surface area contributed by atoms with E-state index >= 15 is 0 Å². The van der Waals surface area contributed by atoms with Gasteiger partial charge in [-0.3, -0.25) is 0 Å². The summed E-state index contributed by atoms with van der Waals surface area (Å²) < 4.78 is 10.8. The van der Waals surface area contributed by atoms with E-state index in [1.807, 2.05) is 97.1 Å². The fourth-order valence-electron chi connectivity index (χ4n) is 7.26. The third-order valence-corrected chi connectivity index (χ3v) is 10.4. The van der Waals surface area contributed by atoms with Gasteiger partial charge in [-0.15, -0.1) is 0 Å². The molecular weight excluding hydrogens is 745 g/mol. The zero-order chi connectivity index (χ0) is 41.7. The van der Waals surface area contributed by atoms with Crippen molar-refractivity contribution in [3.05, 3.63) is 140 Å². The molecule has 0 saturated carbocycles. The molecule has 6 rings (SSSR count). The van der Waals surface area contributed by atoms with E-state index < -0.39 is 35.2 Å². The summed E-state index contributed by atoms with van der Waals surface area (Å²) in [5, 5.41) is 30.7. The quantitative estimate of drug-likeness (QED) is 0.0368. The van der Waals surface area contributed by atoms with Crippen LogP contribution in [-0.2, 0) is 19.1 Å². The largest absolute Gasteiger partial charge is 0.480 e. The summed E-state index contributed by atoms with van der Waals surface area (Å²) in [5.41, 5.74) is 22.4. The van der Waals surface area contributed by atoms with E-state index in [4.69, 9.17) is 20.5 Å². The molecule has 2 amide bonds. The van der Waals surface area contributed by atoms with Crippen molar-refractivity contribution < 1.29 is 38.9 Å². The van der Waals surface area contributed by atoms with Crippen molar-refractivity contribution in [3.63, 3.8) is 0 Å². The minimum absolute atomic E-state index is 0.103. The number of ether oxygens (including phenoxy) is 2. The molecule has 0 bridgehead atoms. The molecule has 0 spiro atoms. The number of alkyl carbamates (subject to hydrolysis) is 2. The minimum Gasteiger partial charge on any atom is -0.480 e. The molecule has 58 heavy (non-hydrogen) atoms. The number of hydrogen-bond donors (Lipinski definition) is 4. The summed E-state index contributed by atoms with van der Waals surface area (Å²) in [6, 6.07) is 31.9. The zero-order valence-corrected chi connectivity index (χ0v) is 32.1. The van der Waals surface area contributed by atoms with Crippen molar-refractivity contribution in [2.45, 2.75) is 62.4 Å². The van der Waals surface area contributed by atoms with Crippen molar-refractivity contribution in [2.24, 2.45) is 10.2 Å². The summed E-state index contributed by atoms with van der Waals surface area (Å²) in [6.45, 7) is 3.35. The van der Waals surface area contributed by atoms with E-state index in [2.05, 4.69) is 30.7 Å². The number of azide groups is 2. The van der Waals surface area contributed by atoms with Gasteiger partial charge in [0.15, 0.2) is 0 Å². The van der Waals surface area contributed by atoms with Crippen LogP contribution in [0.1, 0.15) is 73.6 Å². The molecule has 4 aromatic carbocycles. The van der Waals surface area contributed by atoms with Gasteiger partial charge in [-0.1, -0.05) is 107 Å². The second kappa shape index (κ2) is 19.2. The molecule has 4 aromatic rings. The van der Waals surface area contributed by atoms with E-state index in [0.29, 0.717) is 12.8 Å². The van der Waals surface area contributed by atoms with Crippen LogP contribution in [0.2, 0.25) is 0 Å². The number of carbonyl (C=O) groups excluding carboxylic acids is 2. The monoisotopic (exact) mass is 788 g/mol. The number of carboxylic acids is 2. The van der Waals surface area contributed by atoms with Crippen LogP contribution in [0.3, 0.4) is 0 Å². The molecule has 0 saturated heterocycles. The predicted octanol–water partition coefficient (Wildman–Crippen LogP) is 8.92. The highest BCUT2D eigenvalue weighted by Crippen LogP contribution is 2.45. The van der Waals surface area contributed by atoms with Gasteiger partial charge < -0.3 is 30.3 Å². The van der Waals surface area contributed by atoms with Crippen molar-refractivity contribution in [3.8, 4) is 22.3 Å². The van der Waals surface area contributed by atoms with Crippen molar-refractivity contribution >= 4 is 24.1 Å². The highest BCUT2D eigenvalue weighted by Gasteiger charge is 2.37. The fourth-order valence-corrected chi connectivity index (χ4v) is 7.26. The Morgan fingerprint density at radius 2 is 0.879 bits per heavy atom. The molecule has 0 aliphatic heterocycles. The van der Waals surface area contributed by atoms with Crippen molar-refractivity contribution in [1.82, 2.24) is 10.6 Å². The van der Waals surface area contributed by atoms with Crippen molar-refractivity contribution in [2.75, 3.05) is 26.3 Å². The number of amides is 2. The Morgan fingerprint density at radius 3 is 1.16 bits per heavy atom. The van der Waals surface area contributed by atoms with E-state index in [1.165, 1.54) is 13.8 Å². The number of benzene rings is 4. The maximum absolute atomic E-state index is 12.4. The lowest BCUT2D eigenvalue weighted by atomic mass is 9.96. The summed E-state index contributed by atoms with van der Waals surface area (Å²) in [5.74, 6) is -2.55. The topological polar surface area (TPSA) is 249 Å². The Bertz CT molecular complexity index is 2010. The molecule has 16 nitrogen and oxygen atoms in total. The lowest BCUT2D eigenvalue weighted by molar-refractivity contribution is -0.145. The molecule has 0 heterocycles. The molecule has 2 aliphatic carbocycles. The van der Waals surface area contributed by atoms with Crippen molar-refractivity contribution in [1.29, 1.82) is 0 Å². The van der Waals surface area contributed by atoms with Crippen LogP contribution in [0.15, 0.2) is 107 Å². The number of carboxylic acid groups (broad SMARTS) is 2. The van der Waals surface area contributed by atoms with Gasteiger partial charge in [0, 0.05) is 34.7 Å². The molecule has 0 fully saturated rings. The van der Waals surface area contributed by atoms with Gasteiger partial charge in [0.2, 0.25) is 0 Å². The average Bonchev–Trinajstić information content (AvgIpc) is 3.72. The molecule has 0 unspecified atom stereocenters. The van der Waals surface area contributed by atoms with Crippen LogP contribution >= 0.6 is 0 Å². The molecule has 300 valence electrons. The Labute approximate surface area is 334 Å². The molecule has 4 N–H and O–H groups in total. The van der Waals surface area contributed by atoms with Gasteiger partial charge in [-0.25, -0.2) is 19.2 Å². The predicted molar refractivity (Wildman–Crippen MR) is 215 cm³/mol. The highest BCUT2D eigenvalue weighted by molar-refractivity contribution is 5.85. The van der Waals surface area contributed by atoms with Crippen LogP contribution in [0.25, 0.3) is 43.1 Å². The third kappa shape index (κ3) is 9.85. The maximum Gasteiger partial charge on any atom is 0.408 e. The summed E-state index contributed by atoms with van der Waals surface area (Å²) in [7, 11) is 0.